The quantitative estimate of drug-likeness (QED) is 0.774. The molecule has 1 heterocycles. The summed E-state index contributed by atoms with van der Waals surface area (Å²) in [6, 6.07) is 4.49. The van der Waals surface area contributed by atoms with Gasteiger partial charge in [-0.3, -0.25) is 4.79 Å². The van der Waals surface area contributed by atoms with Gasteiger partial charge in [0.25, 0.3) is 0 Å². The van der Waals surface area contributed by atoms with Gasteiger partial charge in [-0.2, -0.15) is 0 Å². The van der Waals surface area contributed by atoms with Crippen LogP contribution in [0.2, 0.25) is 5.02 Å². The van der Waals surface area contributed by atoms with Crippen molar-refractivity contribution in [2.45, 2.75) is 27.7 Å². The van der Waals surface area contributed by atoms with E-state index < -0.39 is 11.8 Å². The Balaban J connectivity index is 0.00000139. The van der Waals surface area contributed by atoms with Crippen LogP contribution in [0.5, 0.6) is 0 Å². The first-order chi connectivity index (χ1) is 11.2. The fraction of sp³-hybridized carbons (Fsp3) is 0.294. The Hall–Kier alpha value is -2.34. The fourth-order valence-corrected chi connectivity index (χ4v) is 2.66. The number of aromatic nitrogens is 1. The summed E-state index contributed by atoms with van der Waals surface area (Å²) in [5.41, 5.74) is 0.611. The van der Waals surface area contributed by atoms with Crippen molar-refractivity contribution in [1.82, 2.24) is 4.57 Å². The molecule has 0 aliphatic carbocycles. The smallest absolute Gasteiger partial charge is 0.341 e. The van der Waals surface area contributed by atoms with Gasteiger partial charge in [0.2, 0.25) is 0 Å². The second-order valence-electron chi connectivity index (χ2n) is 4.91. The fourth-order valence-electron chi connectivity index (χ4n) is 2.23. The molecule has 1 aromatic carbocycles. The lowest BCUT2D eigenvalue weighted by molar-refractivity contribution is 0.0698. The van der Waals surface area contributed by atoms with E-state index in [0.29, 0.717) is 0 Å². The van der Waals surface area contributed by atoms with Crippen LogP contribution in [0.15, 0.2) is 18.2 Å². The third-order valence-electron chi connectivity index (χ3n) is 3.26. The predicted octanol–water partition coefficient (Wildman–Crippen LogP) is 4.80. The van der Waals surface area contributed by atoms with Crippen LogP contribution in [0.25, 0.3) is 0 Å². The number of aromatic carboxylic acids is 1. The third kappa shape index (κ3) is 3.76. The number of hydrogen-bond acceptors (Lipinski definition) is 3. The molecule has 0 saturated heterocycles. The molecule has 2 N–H and O–H groups in total. The van der Waals surface area contributed by atoms with Crippen molar-refractivity contribution in [3.05, 3.63) is 45.9 Å². The maximum atomic E-state index is 13.9. The van der Waals surface area contributed by atoms with Gasteiger partial charge in [0, 0.05) is 14.0 Å². The van der Waals surface area contributed by atoms with Crippen LogP contribution in [0.4, 0.5) is 15.9 Å². The highest BCUT2D eigenvalue weighted by atomic mass is 35.5. The van der Waals surface area contributed by atoms with Crippen LogP contribution in [0, 0.1) is 12.7 Å². The normalized spacial score (nSPS) is 9.96. The molecule has 2 rings (SSSR count). The number of ketones is 1. The van der Waals surface area contributed by atoms with Crippen LogP contribution >= 0.6 is 11.6 Å². The van der Waals surface area contributed by atoms with Crippen LogP contribution in [-0.2, 0) is 7.05 Å². The lowest BCUT2D eigenvalue weighted by Crippen LogP contribution is -2.07. The number of aryl methyl sites for hydroxylation is 1. The van der Waals surface area contributed by atoms with Gasteiger partial charge in [-0.1, -0.05) is 31.5 Å². The van der Waals surface area contributed by atoms with Gasteiger partial charge in [-0.25, -0.2) is 9.18 Å². The molecule has 1 aromatic heterocycles. The zero-order valence-corrected chi connectivity index (χ0v) is 15.0. The van der Waals surface area contributed by atoms with Gasteiger partial charge >= 0.3 is 5.97 Å². The van der Waals surface area contributed by atoms with Gasteiger partial charge in [-0.15, -0.1) is 0 Å². The number of benzene rings is 1. The number of rotatable bonds is 4. The number of hydrogen-bond donors (Lipinski definition) is 2. The molecule has 24 heavy (non-hydrogen) atoms. The van der Waals surface area contributed by atoms with E-state index in [0.717, 1.165) is 5.56 Å². The number of anilines is 2. The average Bonchev–Trinajstić information content (AvgIpc) is 2.75. The number of carboxylic acid groups (broad SMARTS) is 1. The molecule has 0 spiro atoms. The summed E-state index contributed by atoms with van der Waals surface area (Å²) in [6.45, 7) is 7.02. The van der Waals surface area contributed by atoms with Crippen LogP contribution < -0.4 is 5.32 Å². The molecule has 0 fully saturated rings. The second-order valence-corrected chi connectivity index (χ2v) is 5.29. The maximum absolute atomic E-state index is 13.9. The number of nitrogens with one attached hydrogen (secondary N) is 1. The van der Waals surface area contributed by atoms with Crippen molar-refractivity contribution in [2.24, 2.45) is 7.05 Å². The zero-order valence-electron chi connectivity index (χ0n) is 14.2. The molecule has 7 heteroatoms. The average molecular weight is 355 g/mol. The van der Waals surface area contributed by atoms with E-state index in [2.05, 4.69) is 5.32 Å². The highest BCUT2D eigenvalue weighted by Gasteiger charge is 2.27. The molecule has 0 saturated carbocycles. The minimum absolute atomic E-state index is 0.0467. The molecular formula is C17H20ClFN2O3. The van der Waals surface area contributed by atoms with Gasteiger partial charge in [0.05, 0.1) is 10.7 Å². The third-order valence-corrected chi connectivity index (χ3v) is 3.63. The number of carboxylic acids is 1. The summed E-state index contributed by atoms with van der Waals surface area (Å²) in [5, 5.41) is 11.8. The first kappa shape index (κ1) is 19.7. The van der Waals surface area contributed by atoms with Gasteiger partial charge in [0.15, 0.2) is 5.78 Å². The molecule has 0 aliphatic rings. The Morgan fingerprint density at radius 3 is 2.33 bits per heavy atom. The lowest BCUT2D eigenvalue weighted by Gasteiger charge is -2.11. The largest absolute Gasteiger partial charge is 0.478 e. The van der Waals surface area contributed by atoms with E-state index >= 15 is 0 Å². The summed E-state index contributed by atoms with van der Waals surface area (Å²) in [5.74, 6) is -2.17. The van der Waals surface area contributed by atoms with Crippen molar-refractivity contribution in [2.75, 3.05) is 5.32 Å². The van der Waals surface area contributed by atoms with E-state index in [-0.39, 0.29) is 33.6 Å². The summed E-state index contributed by atoms with van der Waals surface area (Å²) in [7, 11) is 1.49. The first-order valence-corrected chi connectivity index (χ1v) is 7.77. The van der Waals surface area contributed by atoms with Crippen molar-refractivity contribution in [3.8, 4) is 0 Å². The van der Waals surface area contributed by atoms with Gasteiger partial charge < -0.3 is 15.0 Å². The van der Waals surface area contributed by atoms with Crippen molar-refractivity contribution in [3.63, 3.8) is 0 Å². The zero-order chi connectivity index (χ0) is 18.6. The van der Waals surface area contributed by atoms with Gasteiger partial charge in [-0.05, 0) is 24.6 Å². The summed E-state index contributed by atoms with van der Waals surface area (Å²) in [4.78, 5) is 23.1. The van der Waals surface area contributed by atoms with E-state index in [9.17, 15) is 19.1 Å². The Bertz CT molecular complexity index is 785. The van der Waals surface area contributed by atoms with Crippen LogP contribution in [-0.4, -0.2) is 21.4 Å². The van der Waals surface area contributed by atoms with E-state index in [1.54, 1.807) is 13.0 Å². The highest BCUT2D eigenvalue weighted by molar-refractivity contribution is 6.37. The number of carbonyl (C=O) groups excluding carboxylic acids is 1. The number of carbonyl (C=O) groups is 2. The Morgan fingerprint density at radius 2 is 1.88 bits per heavy atom. The number of nitrogens with zero attached hydrogens (tertiary/aromatic N) is 1. The van der Waals surface area contributed by atoms with E-state index in [1.807, 2.05) is 13.8 Å². The van der Waals surface area contributed by atoms with Crippen LogP contribution in [0.1, 0.15) is 47.2 Å². The number of halogens is 2. The van der Waals surface area contributed by atoms with E-state index in [4.69, 9.17) is 11.6 Å². The van der Waals surface area contributed by atoms with E-state index in [1.165, 1.54) is 30.7 Å². The lowest BCUT2D eigenvalue weighted by atomic mass is 10.2. The molecule has 0 bridgehead atoms. The predicted molar refractivity (Wildman–Crippen MR) is 93.2 cm³/mol. The summed E-state index contributed by atoms with van der Waals surface area (Å²) < 4.78 is 15.3. The van der Waals surface area contributed by atoms with Crippen molar-refractivity contribution < 1.29 is 19.1 Å². The first-order valence-electron chi connectivity index (χ1n) is 7.39. The molecule has 0 atom stereocenters. The highest BCUT2D eigenvalue weighted by Crippen LogP contribution is 2.34. The van der Waals surface area contributed by atoms with Crippen molar-refractivity contribution >= 4 is 34.9 Å². The van der Waals surface area contributed by atoms with Crippen LogP contribution in [0.3, 0.4) is 0 Å². The van der Waals surface area contributed by atoms with Gasteiger partial charge in [0.1, 0.15) is 22.9 Å². The second kappa shape index (κ2) is 7.97. The summed E-state index contributed by atoms with van der Waals surface area (Å²) >= 11 is 6.00. The molecule has 0 unspecified atom stereocenters. The molecule has 0 radical (unpaired) electrons. The molecule has 5 nitrogen and oxygen atoms in total. The Morgan fingerprint density at radius 1 is 1.29 bits per heavy atom. The molecule has 2 aromatic rings. The monoisotopic (exact) mass is 354 g/mol. The topological polar surface area (TPSA) is 71.3 Å². The minimum Gasteiger partial charge on any atom is -0.478 e. The molecular weight excluding hydrogens is 335 g/mol. The maximum Gasteiger partial charge on any atom is 0.341 e. The Labute approximate surface area is 145 Å². The van der Waals surface area contributed by atoms with Crippen molar-refractivity contribution in [1.29, 1.82) is 0 Å². The molecule has 130 valence electrons. The SMILES string of the molecule is CC.CC(=O)c1c(Cl)c(C(=O)O)c(Nc2ccc(C)cc2F)n1C. The summed E-state index contributed by atoms with van der Waals surface area (Å²) in [6.07, 6.45) is 0. The molecule has 0 amide bonds. The molecule has 0 aliphatic heterocycles. The number of Topliss-reactive ketones (excluding diaryl/α,β-unsaturated/α-hetero) is 1. The standard InChI is InChI=1S/C15H14ClFN2O3.C2H6/c1-7-4-5-10(9(17)6-7)18-14-11(15(21)22)12(16)13(8(2)20)19(14)3;1-2/h4-6,18H,1-3H3,(H,21,22);1-2H3. The Kier molecular flexibility index (Phi) is 6.54. The minimum atomic E-state index is -1.30.